The molecule has 0 radical (unpaired) electrons. The summed E-state index contributed by atoms with van der Waals surface area (Å²) in [6.07, 6.45) is 4.17. The fraction of sp³-hybridized carbons (Fsp3) is 0.839. The molecule has 0 heterocycles. The van der Waals surface area contributed by atoms with Crippen LogP contribution in [0.4, 0.5) is 0 Å². The maximum absolute atomic E-state index is 13.5. The summed E-state index contributed by atoms with van der Waals surface area (Å²) in [7, 11) is 0. The average molecular weight is 565 g/mol. The Bertz CT molecular complexity index is 969. The average Bonchev–Trinajstić information content (AvgIpc) is 3.24. The number of aliphatic hydroxyl groups excluding tert-OH is 1. The molecule has 39 heavy (non-hydrogen) atoms. The number of Topliss-reactive ketones (excluding diaryl/α,β-unsaturated/α-hetero) is 1. The number of nitrogens with two attached hydrogens (primary N) is 1. The van der Waals surface area contributed by atoms with Gasteiger partial charge < -0.3 is 20.9 Å². The first-order chi connectivity index (χ1) is 17.9. The number of thioether (sulfide) groups is 1. The Morgan fingerprint density at radius 2 is 1.92 bits per heavy atom. The molecule has 3 aliphatic rings. The minimum atomic E-state index is -0.684. The van der Waals surface area contributed by atoms with E-state index in [4.69, 9.17) is 10.5 Å². The molecule has 0 aliphatic heterocycles. The first-order valence-electron chi connectivity index (χ1n) is 14.7. The minimum absolute atomic E-state index is 0.0382. The topological polar surface area (TPSA) is 119 Å². The summed E-state index contributed by atoms with van der Waals surface area (Å²) >= 11 is 1.43. The summed E-state index contributed by atoms with van der Waals surface area (Å²) in [6.45, 7) is 20.7. The lowest BCUT2D eigenvalue weighted by Gasteiger charge is -2.61. The van der Waals surface area contributed by atoms with Gasteiger partial charge in [-0.1, -0.05) is 47.6 Å². The highest BCUT2D eigenvalue weighted by Crippen LogP contribution is 2.68. The van der Waals surface area contributed by atoms with E-state index in [9.17, 15) is 19.5 Å². The third-order valence-electron chi connectivity index (χ3n) is 10.9. The van der Waals surface area contributed by atoms with E-state index in [0.29, 0.717) is 19.4 Å². The van der Waals surface area contributed by atoms with E-state index < -0.39 is 33.8 Å². The van der Waals surface area contributed by atoms with E-state index >= 15 is 0 Å². The van der Waals surface area contributed by atoms with Crippen LogP contribution < -0.4 is 11.1 Å². The first kappa shape index (κ1) is 32.1. The molecule has 3 aliphatic carbocycles. The molecule has 1 unspecified atom stereocenters. The standard InChI is InChI=1S/C31H52N2O5S/c1-10-29(8)15-22(38-23(35)16-39-28(6,7)17-33-27(37)24(32)18(2)3)30(9)19(4)11-13-31(20(5)26(29)36)14-12-21(34)25(30)31/h10,18-20,22,24-26,36H,1,11-17,32H2,2-9H3,(H,33,37)/t19-,20+,22-,24-,25?,26+,29-,30+,31+/m1/s1. The molecular weight excluding hydrogens is 512 g/mol. The van der Waals surface area contributed by atoms with Crippen molar-refractivity contribution in [3.63, 3.8) is 0 Å². The van der Waals surface area contributed by atoms with Crippen LogP contribution in [0.5, 0.6) is 0 Å². The van der Waals surface area contributed by atoms with Gasteiger partial charge in [-0.15, -0.1) is 18.3 Å². The van der Waals surface area contributed by atoms with E-state index in [0.717, 1.165) is 19.3 Å². The van der Waals surface area contributed by atoms with Gasteiger partial charge in [-0.2, -0.15) is 0 Å². The number of aliphatic hydroxyl groups is 1. The fourth-order valence-electron chi connectivity index (χ4n) is 7.72. The van der Waals surface area contributed by atoms with Crippen LogP contribution in [-0.2, 0) is 19.1 Å². The number of nitrogens with one attached hydrogen (secondary N) is 1. The predicted octanol–water partition coefficient (Wildman–Crippen LogP) is 4.50. The Kier molecular flexibility index (Phi) is 9.46. The maximum Gasteiger partial charge on any atom is 0.316 e. The van der Waals surface area contributed by atoms with Crippen molar-refractivity contribution in [2.75, 3.05) is 12.3 Å². The summed E-state index contributed by atoms with van der Waals surface area (Å²) in [6, 6.07) is -0.573. The molecule has 3 rings (SSSR count). The summed E-state index contributed by atoms with van der Waals surface area (Å²) in [5.74, 6) is -0.243. The van der Waals surface area contributed by atoms with Crippen LogP contribution >= 0.6 is 11.8 Å². The summed E-state index contributed by atoms with van der Waals surface area (Å²) in [4.78, 5) is 39.2. The number of hydrogen-bond acceptors (Lipinski definition) is 7. The van der Waals surface area contributed by atoms with E-state index in [2.05, 4.69) is 32.7 Å². The Hall–Kier alpha value is -1.38. The summed E-state index contributed by atoms with van der Waals surface area (Å²) in [5.41, 5.74) is 4.49. The molecule has 9 atom stereocenters. The van der Waals surface area contributed by atoms with Crippen molar-refractivity contribution in [2.45, 2.75) is 110 Å². The fourth-order valence-corrected chi connectivity index (χ4v) is 8.47. The van der Waals surface area contributed by atoms with Gasteiger partial charge in [-0.25, -0.2) is 0 Å². The highest BCUT2D eigenvalue weighted by molar-refractivity contribution is 8.01. The molecule has 222 valence electrons. The van der Waals surface area contributed by atoms with Crippen molar-refractivity contribution in [2.24, 2.45) is 45.7 Å². The predicted molar refractivity (Wildman–Crippen MR) is 157 cm³/mol. The van der Waals surface area contributed by atoms with Crippen molar-refractivity contribution in [3.05, 3.63) is 12.7 Å². The SMILES string of the molecule is C=C[C@]1(C)C[C@@H](OC(=O)CSC(C)(C)CNC(=O)[C@H](N)C(C)C)[C@@]2(C)C3C(=O)CC[C@@]3(CC[C@H]2C)[C@@H](C)[C@@H]1O. The van der Waals surface area contributed by atoms with E-state index in [1.807, 2.05) is 40.7 Å². The molecule has 8 heteroatoms. The Morgan fingerprint density at radius 3 is 2.51 bits per heavy atom. The summed E-state index contributed by atoms with van der Waals surface area (Å²) in [5, 5.41) is 14.6. The third kappa shape index (κ3) is 5.85. The Balaban J connectivity index is 1.82. The largest absolute Gasteiger partial charge is 0.461 e. The van der Waals surface area contributed by atoms with Crippen molar-refractivity contribution in [1.82, 2.24) is 5.32 Å². The van der Waals surface area contributed by atoms with Crippen molar-refractivity contribution in [3.8, 4) is 0 Å². The van der Waals surface area contributed by atoms with Gasteiger partial charge >= 0.3 is 5.97 Å². The lowest BCUT2D eigenvalue weighted by molar-refractivity contribution is -0.205. The maximum atomic E-state index is 13.5. The zero-order chi connectivity index (χ0) is 29.6. The van der Waals surface area contributed by atoms with E-state index in [1.54, 1.807) is 0 Å². The van der Waals surface area contributed by atoms with Gasteiger partial charge in [0.25, 0.3) is 0 Å². The number of ether oxygens (including phenoxy) is 1. The zero-order valence-corrected chi connectivity index (χ0v) is 26.2. The number of hydrogen-bond donors (Lipinski definition) is 3. The van der Waals surface area contributed by atoms with Gasteiger partial charge in [-0.3, -0.25) is 14.4 Å². The second-order valence-electron chi connectivity index (χ2n) is 14.1. The second kappa shape index (κ2) is 11.5. The van der Waals surface area contributed by atoms with Crippen LogP contribution in [0.1, 0.15) is 87.5 Å². The first-order valence-corrected chi connectivity index (χ1v) is 15.6. The van der Waals surface area contributed by atoms with Crippen LogP contribution in [0.15, 0.2) is 12.7 Å². The van der Waals surface area contributed by atoms with Crippen LogP contribution in [0, 0.1) is 39.9 Å². The highest BCUT2D eigenvalue weighted by atomic mass is 32.2. The van der Waals surface area contributed by atoms with Crippen LogP contribution in [0.25, 0.3) is 0 Å². The molecule has 2 bridgehead atoms. The number of carbonyl (C=O) groups is 3. The number of amides is 1. The van der Waals surface area contributed by atoms with Gasteiger partial charge in [0.05, 0.1) is 17.9 Å². The normalized spacial score (nSPS) is 39.4. The number of rotatable bonds is 9. The van der Waals surface area contributed by atoms with Crippen molar-refractivity contribution < 1.29 is 24.2 Å². The lowest BCUT2D eigenvalue weighted by atomic mass is 9.44. The van der Waals surface area contributed by atoms with E-state index in [1.165, 1.54) is 11.8 Å². The van der Waals surface area contributed by atoms with Gasteiger partial charge in [0.1, 0.15) is 11.9 Å². The zero-order valence-electron chi connectivity index (χ0n) is 25.3. The molecule has 3 fully saturated rings. The molecule has 1 amide bonds. The third-order valence-corrected chi connectivity index (χ3v) is 12.2. The quantitative estimate of drug-likeness (QED) is 0.279. The summed E-state index contributed by atoms with van der Waals surface area (Å²) < 4.78 is 5.92. The highest BCUT2D eigenvalue weighted by Gasteiger charge is 2.68. The number of ketones is 1. The van der Waals surface area contributed by atoms with Crippen molar-refractivity contribution >= 4 is 29.4 Å². The molecule has 0 aromatic heterocycles. The second-order valence-corrected chi connectivity index (χ2v) is 15.8. The minimum Gasteiger partial charge on any atom is -0.461 e. The molecule has 4 N–H and O–H groups in total. The molecule has 3 saturated carbocycles. The van der Waals surface area contributed by atoms with Crippen LogP contribution in [0.3, 0.4) is 0 Å². The van der Waals surface area contributed by atoms with Gasteiger partial charge in [0, 0.05) is 34.5 Å². The van der Waals surface area contributed by atoms with Crippen LogP contribution in [-0.4, -0.2) is 58.1 Å². The molecule has 0 spiro atoms. The number of carbonyl (C=O) groups excluding carboxylic acids is 3. The molecular formula is C31H52N2O5S. The van der Waals surface area contributed by atoms with E-state index in [-0.39, 0.29) is 52.5 Å². The van der Waals surface area contributed by atoms with Gasteiger partial charge in [-0.05, 0) is 62.7 Å². The molecule has 0 aromatic rings. The Labute approximate surface area is 239 Å². The lowest BCUT2D eigenvalue weighted by Crippen LogP contribution is -2.63. The van der Waals surface area contributed by atoms with Crippen molar-refractivity contribution in [1.29, 1.82) is 0 Å². The monoisotopic (exact) mass is 564 g/mol. The smallest absolute Gasteiger partial charge is 0.316 e. The number of esters is 1. The molecule has 7 nitrogen and oxygen atoms in total. The van der Waals surface area contributed by atoms with Crippen LogP contribution in [0.2, 0.25) is 0 Å². The Morgan fingerprint density at radius 1 is 1.28 bits per heavy atom. The molecule has 0 saturated heterocycles. The van der Waals surface area contributed by atoms with Gasteiger partial charge in [0.2, 0.25) is 5.91 Å². The van der Waals surface area contributed by atoms with Gasteiger partial charge in [0.15, 0.2) is 0 Å². The molecule has 0 aromatic carbocycles.